The molecule has 3 saturated heterocycles. The fourth-order valence-corrected chi connectivity index (χ4v) is 14.3. The fourth-order valence-electron chi connectivity index (χ4n) is 14.3. The Morgan fingerprint density at radius 2 is 1.44 bits per heavy atom. The van der Waals surface area contributed by atoms with Crippen molar-refractivity contribution in [2.45, 2.75) is 179 Å². The molecule has 4 saturated carbocycles. The third-order valence-electron chi connectivity index (χ3n) is 17.9. The van der Waals surface area contributed by atoms with Gasteiger partial charge >= 0.3 is 0 Å². The smallest absolute Gasteiger partial charge is 0.187 e. The van der Waals surface area contributed by atoms with Gasteiger partial charge in [0.25, 0.3) is 0 Å². The minimum Gasteiger partial charge on any atom is -0.396 e. The molecule has 0 aromatic carbocycles. The van der Waals surface area contributed by atoms with Gasteiger partial charge in [0.1, 0.15) is 42.7 Å². The molecule has 0 amide bonds. The van der Waals surface area contributed by atoms with Gasteiger partial charge in [-0.1, -0.05) is 53.7 Å². The zero-order valence-electron chi connectivity index (χ0n) is 33.7. The van der Waals surface area contributed by atoms with Crippen LogP contribution in [0.1, 0.15) is 99.8 Å². The monoisotopic (exact) mass is 780 g/mol. The van der Waals surface area contributed by atoms with Crippen molar-refractivity contribution in [3.8, 4) is 0 Å². The lowest BCUT2D eigenvalue weighted by atomic mass is 9.32. The lowest BCUT2D eigenvalue weighted by Crippen LogP contribution is -2.72. The van der Waals surface area contributed by atoms with Crippen LogP contribution in [-0.4, -0.2) is 140 Å². The molecule has 0 aromatic heterocycles. The predicted octanol–water partition coefficient (Wildman–Crippen LogP) is 1.78. The van der Waals surface area contributed by atoms with E-state index in [1.807, 2.05) is 0 Å². The van der Waals surface area contributed by atoms with Crippen LogP contribution in [0, 0.1) is 50.2 Å². The Bertz CT molecular complexity index is 1490. The average Bonchev–Trinajstić information content (AvgIpc) is 3.41. The first kappa shape index (κ1) is 41.0. The van der Waals surface area contributed by atoms with Crippen molar-refractivity contribution < 1.29 is 64.5 Å². The summed E-state index contributed by atoms with van der Waals surface area (Å²) in [6.07, 6.45) is -3.39. The standard InChI is InChI=1S/C42H68O13/c1-21-28(46)33(55-34-31(49)30(48)29(47)22(18-43)53-34)32(50)35(52-21)54-27-10-11-37(4)23(38(27,5)19-44)8-12-39(6)24(37)9-13-42-25-16-36(2,3)14-15-41(25,20-51-42)26(45)17-40(39,42)7/h9,13,21-35,43-50H,8,10-12,14-20H2,1-7H3/t21?,22?,23?,24?,25?,26?,27?,28?,29?,30?,31?,32?,33?,34?,35?,37?,38-,39?,40?,41?,42?/m0/s1. The van der Waals surface area contributed by atoms with Crippen LogP contribution < -0.4 is 0 Å². The third kappa shape index (κ3) is 5.44. The Hall–Kier alpha value is -0.780. The second kappa shape index (κ2) is 13.4. The van der Waals surface area contributed by atoms with E-state index in [-0.39, 0.29) is 51.4 Å². The number of fused-ring (bicyclic) bond motifs is 4. The van der Waals surface area contributed by atoms with Gasteiger partial charge in [-0.15, -0.1) is 0 Å². The molecule has 7 fully saturated rings. The van der Waals surface area contributed by atoms with E-state index >= 15 is 0 Å². The molecule has 13 nitrogen and oxygen atoms in total. The van der Waals surface area contributed by atoms with Crippen LogP contribution in [0.25, 0.3) is 0 Å². The summed E-state index contributed by atoms with van der Waals surface area (Å²) >= 11 is 0. The Labute approximate surface area is 325 Å². The Kier molecular flexibility index (Phi) is 9.95. The van der Waals surface area contributed by atoms with E-state index < -0.39 is 91.2 Å². The summed E-state index contributed by atoms with van der Waals surface area (Å²) < 4.78 is 31.2. The van der Waals surface area contributed by atoms with Gasteiger partial charge in [-0.2, -0.15) is 0 Å². The number of aliphatic hydroxyl groups excluding tert-OH is 8. The summed E-state index contributed by atoms with van der Waals surface area (Å²) in [7, 11) is 0. The summed E-state index contributed by atoms with van der Waals surface area (Å²) in [5.74, 6) is 0.449. The lowest BCUT2D eigenvalue weighted by molar-refractivity contribution is -0.367. The van der Waals surface area contributed by atoms with E-state index in [4.69, 9.17) is 23.7 Å². The van der Waals surface area contributed by atoms with Crippen LogP contribution in [0.5, 0.6) is 0 Å². The molecule has 21 atom stereocenters. The summed E-state index contributed by atoms with van der Waals surface area (Å²) in [5.41, 5.74) is -1.90. The molecule has 20 unspecified atom stereocenters. The van der Waals surface area contributed by atoms with Crippen molar-refractivity contribution in [2.75, 3.05) is 19.8 Å². The molecule has 2 bridgehead atoms. The highest BCUT2D eigenvalue weighted by molar-refractivity contribution is 5.36. The number of hydrogen-bond acceptors (Lipinski definition) is 13. The van der Waals surface area contributed by atoms with Crippen molar-refractivity contribution in [1.29, 1.82) is 0 Å². The van der Waals surface area contributed by atoms with Crippen molar-refractivity contribution in [3.05, 3.63) is 12.2 Å². The van der Waals surface area contributed by atoms with Crippen molar-refractivity contribution >= 4 is 0 Å². The van der Waals surface area contributed by atoms with Gasteiger partial charge in [-0.05, 0) is 86.4 Å². The maximum Gasteiger partial charge on any atom is 0.187 e. The molecule has 0 aromatic rings. The van der Waals surface area contributed by atoms with Gasteiger partial charge in [0.05, 0.1) is 43.7 Å². The molecule has 55 heavy (non-hydrogen) atoms. The van der Waals surface area contributed by atoms with Gasteiger partial charge in [0.15, 0.2) is 12.6 Å². The lowest BCUT2D eigenvalue weighted by Gasteiger charge is -2.73. The highest BCUT2D eigenvalue weighted by Gasteiger charge is 2.79. The van der Waals surface area contributed by atoms with E-state index in [2.05, 4.69) is 53.7 Å². The highest BCUT2D eigenvalue weighted by atomic mass is 16.7. The molecule has 3 heterocycles. The first-order chi connectivity index (χ1) is 25.7. The quantitative estimate of drug-likeness (QED) is 0.143. The van der Waals surface area contributed by atoms with Gasteiger partial charge in [-0.3, -0.25) is 0 Å². The minimum atomic E-state index is -1.72. The van der Waals surface area contributed by atoms with Crippen molar-refractivity contribution in [3.63, 3.8) is 0 Å². The van der Waals surface area contributed by atoms with Crippen LogP contribution in [0.4, 0.5) is 0 Å². The Morgan fingerprint density at radius 3 is 2.13 bits per heavy atom. The fraction of sp³-hybridized carbons (Fsp3) is 0.952. The molecule has 8 rings (SSSR count). The van der Waals surface area contributed by atoms with E-state index in [1.54, 1.807) is 6.92 Å². The summed E-state index contributed by atoms with van der Waals surface area (Å²) in [6, 6.07) is 0. The molecule has 314 valence electrons. The Morgan fingerprint density at radius 1 is 0.727 bits per heavy atom. The summed E-state index contributed by atoms with van der Waals surface area (Å²) in [4.78, 5) is 0. The summed E-state index contributed by atoms with van der Waals surface area (Å²) in [6.45, 7) is 15.4. The molecular formula is C42H68O13. The van der Waals surface area contributed by atoms with E-state index in [0.29, 0.717) is 19.4 Å². The maximum atomic E-state index is 12.1. The number of aliphatic hydroxyl groups is 8. The van der Waals surface area contributed by atoms with Gasteiger partial charge in [0, 0.05) is 22.2 Å². The van der Waals surface area contributed by atoms with E-state index in [9.17, 15) is 40.9 Å². The summed E-state index contributed by atoms with van der Waals surface area (Å²) in [5, 5.41) is 87.0. The molecule has 13 heteroatoms. The van der Waals surface area contributed by atoms with Crippen LogP contribution in [0.3, 0.4) is 0 Å². The Balaban J connectivity index is 1.05. The molecule has 8 aliphatic rings. The predicted molar refractivity (Wildman–Crippen MR) is 197 cm³/mol. The van der Waals surface area contributed by atoms with Crippen molar-refractivity contribution in [1.82, 2.24) is 0 Å². The second-order valence-corrected chi connectivity index (χ2v) is 21.0. The number of ether oxygens (including phenoxy) is 5. The largest absolute Gasteiger partial charge is 0.396 e. The average molecular weight is 781 g/mol. The topological polar surface area (TPSA) is 208 Å². The van der Waals surface area contributed by atoms with E-state index in [0.717, 1.165) is 38.5 Å². The zero-order chi connectivity index (χ0) is 39.9. The SMILES string of the molecule is CC1OC(OC2CCC3(C)C4C=CC56OCC7(CCC(C)(C)CC75)C(O)CC6(C)C4(C)CCC3[C@]2(C)CO)C(O)C(OC2OC(CO)C(O)C(O)C2O)C1O. The van der Waals surface area contributed by atoms with Crippen LogP contribution in [0.2, 0.25) is 0 Å². The van der Waals surface area contributed by atoms with Gasteiger partial charge in [0.2, 0.25) is 0 Å². The number of hydrogen-bond donors (Lipinski definition) is 8. The molecule has 1 spiro atoms. The number of allylic oxidation sites excluding steroid dienone is 1. The number of rotatable bonds is 6. The maximum absolute atomic E-state index is 12.1. The van der Waals surface area contributed by atoms with Crippen LogP contribution in [0.15, 0.2) is 12.2 Å². The van der Waals surface area contributed by atoms with E-state index in [1.165, 1.54) is 0 Å². The normalized spacial score (nSPS) is 59.7. The first-order valence-corrected chi connectivity index (χ1v) is 20.9. The first-order valence-electron chi connectivity index (χ1n) is 20.9. The van der Waals surface area contributed by atoms with Gasteiger partial charge in [-0.25, -0.2) is 0 Å². The van der Waals surface area contributed by atoms with Crippen LogP contribution >= 0.6 is 0 Å². The molecular weight excluding hydrogens is 712 g/mol. The molecule has 5 aliphatic carbocycles. The molecule has 0 radical (unpaired) electrons. The van der Waals surface area contributed by atoms with Crippen molar-refractivity contribution in [2.24, 2.45) is 50.2 Å². The van der Waals surface area contributed by atoms with Crippen LogP contribution in [-0.2, 0) is 23.7 Å². The molecule has 3 aliphatic heterocycles. The molecule has 8 N–H and O–H groups in total. The zero-order valence-corrected chi connectivity index (χ0v) is 33.7. The van der Waals surface area contributed by atoms with Gasteiger partial charge < -0.3 is 64.5 Å². The minimum absolute atomic E-state index is 0.0414. The third-order valence-corrected chi connectivity index (χ3v) is 17.9. The second-order valence-electron chi connectivity index (χ2n) is 21.0. The highest BCUT2D eigenvalue weighted by Crippen LogP contribution is 2.79.